The summed E-state index contributed by atoms with van der Waals surface area (Å²) < 4.78 is 10.2. The minimum absolute atomic E-state index is 0.191. The lowest BCUT2D eigenvalue weighted by Gasteiger charge is -2.17. The van der Waals surface area contributed by atoms with Crippen LogP contribution in [0.5, 0.6) is 0 Å². The van der Waals surface area contributed by atoms with E-state index in [1.54, 1.807) is 6.92 Å². The maximum Gasteiger partial charge on any atom is 0.505 e. The molecule has 0 aromatic rings. The molecule has 3 nitrogen and oxygen atoms in total. The molecule has 4 heteroatoms. The molecule has 2 unspecified atom stereocenters. The first-order chi connectivity index (χ1) is 4.48. The van der Waals surface area contributed by atoms with Crippen LogP contribution in [0.2, 0.25) is 0 Å². The third-order valence-corrected chi connectivity index (χ3v) is 2.21. The number of hydrogen-bond donors (Lipinski definition) is 2. The second-order valence-corrected chi connectivity index (χ2v) is 3.83. The van der Waals surface area contributed by atoms with Crippen molar-refractivity contribution in [2.75, 3.05) is 6.16 Å². The van der Waals surface area contributed by atoms with E-state index in [1.165, 1.54) is 0 Å². The van der Waals surface area contributed by atoms with Crippen LogP contribution >= 0.6 is 8.03 Å². The van der Waals surface area contributed by atoms with Gasteiger partial charge in [0.25, 0.3) is 0 Å². The molecule has 0 amide bonds. The van der Waals surface area contributed by atoms with E-state index in [9.17, 15) is 9.67 Å². The highest BCUT2D eigenvalue weighted by Crippen LogP contribution is 2.22. The van der Waals surface area contributed by atoms with Crippen LogP contribution in [0, 0.1) is 0 Å². The summed E-state index contributed by atoms with van der Waals surface area (Å²) in [4.78, 5) is 8.41. The fraction of sp³-hybridized carbons (Fsp3) is 1.00. The van der Waals surface area contributed by atoms with Crippen LogP contribution in [0.4, 0.5) is 0 Å². The molecule has 2 N–H and O–H groups in total. The van der Waals surface area contributed by atoms with E-state index in [2.05, 4.69) is 0 Å². The smallest absolute Gasteiger partial charge is 0.390 e. The van der Waals surface area contributed by atoms with Crippen LogP contribution < -0.4 is 0 Å². The molecule has 0 aromatic heterocycles. The van der Waals surface area contributed by atoms with Gasteiger partial charge in [-0.15, -0.1) is 0 Å². The lowest BCUT2D eigenvalue weighted by molar-refractivity contribution is 0.0525. The van der Waals surface area contributed by atoms with E-state index >= 15 is 0 Å². The summed E-state index contributed by atoms with van der Waals surface area (Å²) in [7, 11) is -2.08. The molecule has 2 atom stereocenters. The first-order valence-corrected chi connectivity index (χ1v) is 4.73. The summed E-state index contributed by atoms with van der Waals surface area (Å²) in [6.45, 7) is 3.52. The minimum Gasteiger partial charge on any atom is -0.390 e. The van der Waals surface area contributed by atoms with Crippen LogP contribution in [-0.2, 0) is 4.57 Å². The van der Waals surface area contributed by atoms with Gasteiger partial charge >= 0.3 is 8.03 Å². The van der Waals surface area contributed by atoms with Gasteiger partial charge in [-0.1, -0.05) is 6.92 Å². The van der Waals surface area contributed by atoms with Crippen molar-refractivity contribution in [2.45, 2.75) is 32.3 Å². The molecule has 0 saturated heterocycles. The number of aliphatic hydroxyl groups is 1. The highest BCUT2D eigenvalue weighted by molar-refractivity contribution is 7.37. The van der Waals surface area contributed by atoms with Crippen LogP contribution in [0.15, 0.2) is 0 Å². The SMILES string of the molecule is CCC(C)(O)CC[P+](=O)O. The minimum atomic E-state index is -2.08. The van der Waals surface area contributed by atoms with Crippen LogP contribution in [0.25, 0.3) is 0 Å². The molecule has 0 aliphatic heterocycles. The van der Waals surface area contributed by atoms with Crippen molar-refractivity contribution in [1.82, 2.24) is 0 Å². The first kappa shape index (κ1) is 10.0. The molecule has 10 heavy (non-hydrogen) atoms. The van der Waals surface area contributed by atoms with Crippen molar-refractivity contribution in [1.29, 1.82) is 0 Å². The first-order valence-electron chi connectivity index (χ1n) is 3.34. The number of rotatable bonds is 4. The summed E-state index contributed by atoms with van der Waals surface area (Å²) in [6.07, 6.45) is 1.21. The molecule has 0 saturated carbocycles. The lowest BCUT2D eigenvalue weighted by Crippen LogP contribution is -2.23. The summed E-state index contributed by atoms with van der Waals surface area (Å²) in [5.74, 6) is 0. The molecule has 0 bridgehead atoms. The average Bonchev–Trinajstić information content (AvgIpc) is 1.85. The Bertz CT molecular complexity index is 122. The van der Waals surface area contributed by atoms with Gasteiger partial charge in [0.05, 0.1) is 5.60 Å². The van der Waals surface area contributed by atoms with Gasteiger partial charge in [-0.25, -0.2) is 0 Å². The summed E-state index contributed by atoms with van der Waals surface area (Å²) >= 11 is 0. The topological polar surface area (TPSA) is 57.5 Å². The Morgan fingerprint density at radius 3 is 2.40 bits per heavy atom. The molecule has 0 fully saturated rings. The van der Waals surface area contributed by atoms with E-state index < -0.39 is 13.6 Å². The van der Waals surface area contributed by atoms with Crippen molar-refractivity contribution in [3.63, 3.8) is 0 Å². The largest absolute Gasteiger partial charge is 0.505 e. The zero-order valence-corrected chi connectivity index (χ0v) is 7.27. The second kappa shape index (κ2) is 4.02. The van der Waals surface area contributed by atoms with Gasteiger partial charge in [0.1, 0.15) is 0 Å². The third-order valence-electron chi connectivity index (χ3n) is 1.60. The van der Waals surface area contributed by atoms with Crippen molar-refractivity contribution >= 4 is 8.03 Å². The molecule has 0 spiro atoms. The van der Waals surface area contributed by atoms with Gasteiger partial charge in [-0.3, -0.25) is 0 Å². The third kappa shape index (κ3) is 4.86. The Morgan fingerprint density at radius 2 is 2.10 bits per heavy atom. The van der Waals surface area contributed by atoms with Gasteiger partial charge in [-0.2, -0.15) is 4.89 Å². The van der Waals surface area contributed by atoms with Crippen LogP contribution in [-0.4, -0.2) is 21.8 Å². The van der Waals surface area contributed by atoms with Crippen molar-refractivity contribution < 1.29 is 14.6 Å². The zero-order valence-electron chi connectivity index (χ0n) is 6.37. The zero-order chi connectivity index (χ0) is 8.20. The van der Waals surface area contributed by atoms with Crippen molar-refractivity contribution in [3.05, 3.63) is 0 Å². The lowest BCUT2D eigenvalue weighted by atomic mass is 10.0. The Hall–Kier alpha value is 0.0200. The van der Waals surface area contributed by atoms with Gasteiger partial charge in [0.15, 0.2) is 6.16 Å². The molecule has 0 aliphatic rings. The molecule has 60 valence electrons. The summed E-state index contributed by atoms with van der Waals surface area (Å²) in [5.41, 5.74) is -0.770. The van der Waals surface area contributed by atoms with Crippen molar-refractivity contribution in [3.8, 4) is 0 Å². The van der Waals surface area contributed by atoms with E-state index in [1.807, 2.05) is 6.92 Å². The molecular weight excluding hydrogens is 151 g/mol. The van der Waals surface area contributed by atoms with E-state index in [4.69, 9.17) is 4.89 Å². The standard InChI is InChI=1S/C6H13O3P/c1-3-6(2,7)4-5-10(8)9/h7H,3-5H2,1-2H3/p+1. The van der Waals surface area contributed by atoms with Gasteiger partial charge in [0, 0.05) is 6.42 Å². The number of hydrogen-bond acceptors (Lipinski definition) is 2. The molecular formula is C6H14O3P+. The second-order valence-electron chi connectivity index (χ2n) is 2.68. The van der Waals surface area contributed by atoms with Crippen molar-refractivity contribution in [2.24, 2.45) is 0 Å². The molecule has 0 rings (SSSR count). The highest BCUT2D eigenvalue weighted by Gasteiger charge is 2.22. The highest BCUT2D eigenvalue weighted by atomic mass is 31.1. The quantitative estimate of drug-likeness (QED) is 0.617. The van der Waals surface area contributed by atoms with Gasteiger partial charge in [-0.05, 0) is 17.9 Å². The molecule has 0 aromatic carbocycles. The normalized spacial score (nSPS) is 18.2. The van der Waals surface area contributed by atoms with Gasteiger partial charge < -0.3 is 5.11 Å². The van der Waals surface area contributed by atoms with Gasteiger partial charge in [0.2, 0.25) is 0 Å². The summed E-state index contributed by atoms with van der Waals surface area (Å²) in [5, 5.41) is 9.33. The van der Waals surface area contributed by atoms with E-state index in [-0.39, 0.29) is 6.16 Å². The maximum absolute atomic E-state index is 10.2. The van der Waals surface area contributed by atoms with Crippen LogP contribution in [0.3, 0.4) is 0 Å². The Balaban J connectivity index is 3.56. The predicted molar refractivity (Wildman–Crippen MR) is 40.2 cm³/mol. The Labute approximate surface area is 61.9 Å². The molecule has 0 radical (unpaired) electrons. The Morgan fingerprint density at radius 1 is 1.60 bits per heavy atom. The average molecular weight is 165 g/mol. The van der Waals surface area contributed by atoms with E-state index in [0.717, 1.165) is 0 Å². The molecule has 0 heterocycles. The molecule has 0 aliphatic carbocycles. The maximum atomic E-state index is 10.2. The summed E-state index contributed by atoms with van der Waals surface area (Å²) in [6, 6.07) is 0. The fourth-order valence-electron chi connectivity index (χ4n) is 0.513. The van der Waals surface area contributed by atoms with E-state index in [0.29, 0.717) is 12.8 Å². The fourth-order valence-corrected chi connectivity index (χ4v) is 1.19. The Kier molecular flexibility index (Phi) is 4.02. The predicted octanol–water partition coefficient (Wildman–Crippen LogP) is 1.27. The monoisotopic (exact) mass is 165 g/mol. The van der Waals surface area contributed by atoms with Crippen LogP contribution in [0.1, 0.15) is 26.7 Å².